The number of nitrogens with one attached hydrogen (secondary N) is 6. The Balaban J connectivity index is 1.64. The van der Waals surface area contributed by atoms with Crippen molar-refractivity contribution in [2.75, 3.05) is 13.1 Å². The number of hydrogen-bond donors (Lipinski definition) is 10. The number of nitrogens with zero attached hydrogens (tertiary/aromatic N) is 1. The molecule has 1 aromatic carbocycles. The van der Waals surface area contributed by atoms with Gasteiger partial charge in [-0.1, -0.05) is 32.0 Å². The molecule has 17 nitrogen and oxygen atoms in total. The highest BCUT2D eigenvalue weighted by Gasteiger charge is 2.32. The smallest absolute Gasteiger partial charge is 0.326 e. The first-order valence-corrected chi connectivity index (χ1v) is 14.8. The molecule has 0 saturated heterocycles. The van der Waals surface area contributed by atoms with Gasteiger partial charge in [0.05, 0.1) is 19.0 Å². The van der Waals surface area contributed by atoms with E-state index in [0.717, 1.165) is 22.2 Å². The lowest BCUT2D eigenvalue weighted by Gasteiger charge is -2.26. The number of amides is 4. The van der Waals surface area contributed by atoms with Gasteiger partial charge in [0.15, 0.2) is 5.96 Å². The number of carboxylic acids is 2. The second-order valence-corrected chi connectivity index (χ2v) is 11.3. The third kappa shape index (κ3) is 9.91. The van der Waals surface area contributed by atoms with Gasteiger partial charge in [-0.05, 0) is 36.8 Å². The number of nitrogens with two attached hydrogens (primary N) is 2. The maximum absolute atomic E-state index is 13.3. The Kier molecular flexibility index (Phi) is 12.4. The fraction of sp³-hybridized carbons (Fsp3) is 0.483. The monoisotopic (exact) mass is 643 g/mol. The molecule has 4 amide bonds. The van der Waals surface area contributed by atoms with Crippen molar-refractivity contribution in [1.29, 1.82) is 0 Å². The van der Waals surface area contributed by atoms with E-state index in [4.69, 9.17) is 11.5 Å². The van der Waals surface area contributed by atoms with Crippen LogP contribution in [0.25, 0.3) is 10.9 Å². The summed E-state index contributed by atoms with van der Waals surface area (Å²) in [5.41, 5.74) is 13.7. The Morgan fingerprint density at radius 1 is 1.00 bits per heavy atom. The van der Waals surface area contributed by atoms with Gasteiger partial charge in [0.2, 0.25) is 23.6 Å². The van der Waals surface area contributed by atoms with Gasteiger partial charge >= 0.3 is 11.9 Å². The van der Waals surface area contributed by atoms with E-state index < -0.39 is 78.6 Å². The number of aliphatic imine (C=N–C) groups is 1. The van der Waals surface area contributed by atoms with Crippen LogP contribution < -0.4 is 38.1 Å². The fourth-order valence-electron chi connectivity index (χ4n) is 5.06. The van der Waals surface area contributed by atoms with Gasteiger partial charge in [0.1, 0.15) is 18.1 Å². The summed E-state index contributed by atoms with van der Waals surface area (Å²) in [7, 11) is 0. The largest absolute Gasteiger partial charge is 0.481 e. The highest BCUT2D eigenvalue weighted by molar-refractivity contribution is 5.95. The number of fused-ring (bicyclic) bond motifs is 3. The maximum atomic E-state index is 13.3. The number of hydrogen-bond acceptors (Lipinski definition) is 8. The van der Waals surface area contributed by atoms with Gasteiger partial charge in [0, 0.05) is 29.7 Å². The summed E-state index contributed by atoms with van der Waals surface area (Å²) in [4.78, 5) is 81.8. The van der Waals surface area contributed by atoms with Crippen LogP contribution in [-0.4, -0.2) is 94.0 Å². The van der Waals surface area contributed by atoms with Crippen LogP contribution in [0.2, 0.25) is 0 Å². The average Bonchev–Trinajstić information content (AvgIpc) is 3.36. The fourth-order valence-corrected chi connectivity index (χ4v) is 5.06. The Morgan fingerprint density at radius 2 is 1.72 bits per heavy atom. The number of benzene rings is 1. The van der Waals surface area contributed by atoms with E-state index in [0.29, 0.717) is 19.4 Å². The molecule has 12 N–H and O–H groups in total. The summed E-state index contributed by atoms with van der Waals surface area (Å²) in [5, 5.41) is 32.3. The second-order valence-electron chi connectivity index (χ2n) is 11.3. The minimum atomic E-state index is -1.61. The lowest BCUT2D eigenvalue weighted by molar-refractivity contribution is -0.144. The highest BCUT2D eigenvalue weighted by Crippen LogP contribution is 2.26. The van der Waals surface area contributed by atoms with E-state index in [2.05, 4.69) is 36.6 Å². The molecule has 0 fully saturated rings. The van der Waals surface area contributed by atoms with Crippen molar-refractivity contribution in [3.05, 3.63) is 35.5 Å². The Labute approximate surface area is 264 Å². The number of aromatic amines is 1. The third-order valence-electron chi connectivity index (χ3n) is 7.41. The summed E-state index contributed by atoms with van der Waals surface area (Å²) < 4.78 is 0. The Bertz CT molecular complexity index is 1480. The van der Waals surface area contributed by atoms with E-state index in [1.165, 1.54) is 0 Å². The number of aromatic nitrogens is 1. The van der Waals surface area contributed by atoms with E-state index >= 15 is 0 Å². The summed E-state index contributed by atoms with van der Waals surface area (Å²) >= 11 is 0. The van der Waals surface area contributed by atoms with Crippen molar-refractivity contribution in [3.63, 3.8) is 0 Å². The standard InChI is InChI=1S/C29H41N9O8/c1-14(2)24(28(45)46)38-27(44)20(11-23(40)41)36-22(39)13-34-25(42)18(8-5-9-32-29(30)31)37-26(43)19-10-16-15-6-3-4-7-17(15)35-21(16)12-33-19/h3-4,6-7,14,18-20,24,33,35H,5,8-13H2,1-2H3,(H,34,42)(H,36,39)(H,37,43)(H,38,44)(H,40,41)(H,45,46)(H4,30,31,32)/t18-,19?,20-,24-/m0/s1. The Morgan fingerprint density at radius 3 is 2.37 bits per heavy atom. The normalized spacial score (nSPS) is 15.9. The van der Waals surface area contributed by atoms with Crippen LogP contribution in [0.4, 0.5) is 0 Å². The summed E-state index contributed by atoms with van der Waals surface area (Å²) in [6.07, 6.45) is -0.0140. The SMILES string of the molecule is CC(C)[C@H](NC(=O)[C@H](CC(=O)O)NC(=O)CNC(=O)[C@H](CCCN=C(N)N)NC(=O)C1Cc2c([nH]c3ccccc23)CN1)C(=O)O. The minimum Gasteiger partial charge on any atom is -0.481 e. The molecule has 1 aliphatic heterocycles. The third-order valence-corrected chi connectivity index (χ3v) is 7.41. The Hall–Kier alpha value is -5.19. The maximum Gasteiger partial charge on any atom is 0.326 e. The molecule has 1 aromatic heterocycles. The number of carboxylic acid groups (broad SMARTS) is 2. The first-order valence-electron chi connectivity index (χ1n) is 14.8. The van der Waals surface area contributed by atoms with Crippen LogP contribution in [0.1, 0.15) is 44.4 Å². The molecule has 3 rings (SSSR count). The number of carbonyl (C=O) groups excluding carboxylic acids is 4. The van der Waals surface area contributed by atoms with Crippen molar-refractivity contribution in [1.82, 2.24) is 31.6 Å². The summed E-state index contributed by atoms with van der Waals surface area (Å²) in [5.74, 6) is -6.45. The highest BCUT2D eigenvalue weighted by atomic mass is 16.4. The second kappa shape index (κ2) is 16.2. The molecule has 0 spiro atoms. The number of aliphatic carboxylic acids is 2. The van der Waals surface area contributed by atoms with Crippen LogP contribution in [0.15, 0.2) is 29.3 Å². The number of guanidine groups is 1. The van der Waals surface area contributed by atoms with E-state index in [1.54, 1.807) is 13.8 Å². The molecule has 250 valence electrons. The van der Waals surface area contributed by atoms with Crippen LogP contribution in [0, 0.1) is 5.92 Å². The number of para-hydroxylation sites is 1. The van der Waals surface area contributed by atoms with Gasteiger partial charge < -0.3 is 47.9 Å². The summed E-state index contributed by atoms with van der Waals surface area (Å²) in [6, 6.07) is 3.10. The van der Waals surface area contributed by atoms with Gasteiger partial charge in [-0.25, -0.2) is 4.79 Å². The summed E-state index contributed by atoms with van der Waals surface area (Å²) in [6.45, 7) is 3.04. The number of H-pyrrole nitrogens is 1. The first-order chi connectivity index (χ1) is 21.8. The molecule has 0 bridgehead atoms. The zero-order valence-corrected chi connectivity index (χ0v) is 25.6. The predicted molar refractivity (Wildman–Crippen MR) is 166 cm³/mol. The molecule has 1 unspecified atom stereocenters. The lowest BCUT2D eigenvalue weighted by atomic mass is 9.97. The lowest BCUT2D eigenvalue weighted by Crippen LogP contribution is -2.56. The molecule has 17 heteroatoms. The molecular formula is C29H41N9O8. The quantitative estimate of drug-likeness (QED) is 0.0543. The van der Waals surface area contributed by atoms with Gasteiger partial charge in [-0.3, -0.25) is 34.3 Å². The van der Waals surface area contributed by atoms with Gasteiger partial charge in [-0.15, -0.1) is 0 Å². The van der Waals surface area contributed by atoms with Crippen molar-refractivity contribution < 1.29 is 39.0 Å². The van der Waals surface area contributed by atoms with E-state index in [9.17, 15) is 39.0 Å². The predicted octanol–water partition coefficient (Wildman–Crippen LogP) is -1.98. The minimum absolute atomic E-state index is 0.122. The molecular weight excluding hydrogens is 602 g/mol. The molecule has 0 radical (unpaired) electrons. The molecule has 4 atom stereocenters. The van der Waals surface area contributed by atoms with Crippen LogP contribution in [0.5, 0.6) is 0 Å². The first kappa shape index (κ1) is 35.3. The average molecular weight is 644 g/mol. The van der Waals surface area contributed by atoms with Crippen LogP contribution in [-0.2, 0) is 41.7 Å². The zero-order chi connectivity index (χ0) is 34.0. The topological polar surface area (TPSA) is 283 Å². The van der Waals surface area contributed by atoms with E-state index in [1.807, 2.05) is 24.3 Å². The van der Waals surface area contributed by atoms with Gasteiger partial charge in [0.25, 0.3) is 0 Å². The molecule has 2 heterocycles. The molecule has 1 aliphatic rings. The van der Waals surface area contributed by atoms with Gasteiger partial charge in [-0.2, -0.15) is 0 Å². The molecule has 0 saturated carbocycles. The van der Waals surface area contributed by atoms with E-state index in [-0.39, 0.29) is 18.9 Å². The number of rotatable bonds is 16. The van der Waals surface area contributed by atoms with Crippen LogP contribution >= 0.6 is 0 Å². The van der Waals surface area contributed by atoms with Crippen molar-refractivity contribution in [3.8, 4) is 0 Å². The van der Waals surface area contributed by atoms with Crippen LogP contribution in [0.3, 0.4) is 0 Å². The molecule has 46 heavy (non-hydrogen) atoms. The zero-order valence-electron chi connectivity index (χ0n) is 25.6. The number of carbonyl (C=O) groups is 6. The van der Waals surface area contributed by atoms with Crippen molar-refractivity contribution in [2.24, 2.45) is 22.4 Å². The molecule has 2 aromatic rings. The molecule has 0 aliphatic carbocycles. The van der Waals surface area contributed by atoms with Crippen molar-refractivity contribution in [2.45, 2.75) is 70.2 Å². The van der Waals surface area contributed by atoms with Crippen molar-refractivity contribution >= 4 is 52.4 Å².